The van der Waals surface area contributed by atoms with Crippen molar-refractivity contribution in [1.29, 1.82) is 0 Å². The summed E-state index contributed by atoms with van der Waals surface area (Å²) in [5.74, 6) is 0. The van der Waals surface area contributed by atoms with Crippen molar-refractivity contribution < 1.29 is 4.79 Å². The van der Waals surface area contributed by atoms with E-state index in [4.69, 9.17) is 0 Å². The van der Waals surface area contributed by atoms with Crippen LogP contribution < -0.4 is 5.46 Å². The van der Waals surface area contributed by atoms with Crippen molar-refractivity contribution in [3.63, 3.8) is 0 Å². The van der Waals surface area contributed by atoms with Crippen molar-refractivity contribution in [2.24, 2.45) is 0 Å². The SMILES string of the molecule is Bc1ccnc(Br)c1C=O. The number of hydrogen-bond acceptors (Lipinski definition) is 2. The fraction of sp³-hybridized carbons (Fsp3) is 0. The summed E-state index contributed by atoms with van der Waals surface area (Å²) in [6.45, 7) is 0. The molecule has 1 aromatic rings. The quantitative estimate of drug-likeness (QED) is 0.358. The summed E-state index contributed by atoms with van der Waals surface area (Å²) >= 11 is 3.16. The molecule has 0 fully saturated rings. The average Bonchev–Trinajstić information content (AvgIpc) is 1.88. The Morgan fingerprint density at radius 1 is 1.70 bits per heavy atom. The summed E-state index contributed by atoms with van der Waals surface area (Å²) in [6, 6.07) is 1.80. The zero-order valence-corrected chi connectivity index (χ0v) is 7.05. The molecule has 0 saturated heterocycles. The predicted octanol–water partition coefficient (Wildman–Crippen LogP) is -0.0850. The molecule has 0 bridgehead atoms. The maximum absolute atomic E-state index is 10.4. The van der Waals surface area contributed by atoms with Crippen molar-refractivity contribution in [3.8, 4) is 0 Å². The van der Waals surface area contributed by atoms with Gasteiger partial charge in [0.05, 0.1) is 0 Å². The first-order valence-electron chi connectivity index (χ1n) is 2.82. The van der Waals surface area contributed by atoms with E-state index in [-0.39, 0.29) is 0 Å². The molecule has 0 atom stereocenters. The van der Waals surface area contributed by atoms with Gasteiger partial charge in [0.2, 0.25) is 0 Å². The first-order valence-corrected chi connectivity index (χ1v) is 3.61. The molecule has 0 saturated carbocycles. The smallest absolute Gasteiger partial charge is 0.152 e. The molecule has 0 unspecified atom stereocenters. The van der Waals surface area contributed by atoms with Crippen LogP contribution >= 0.6 is 15.9 Å². The number of hydrogen-bond donors (Lipinski definition) is 0. The van der Waals surface area contributed by atoms with Gasteiger partial charge in [-0.3, -0.25) is 4.79 Å². The van der Waals surface area contributed by atoms with Crippen LogP contribution in [0.5, 0.6) is 0 Å². The monoisotopic (exact) mass is 197 g/mol. The fourth-order valence-electron chi connectivity index (χ4n) is 0.678. The van der Waals surface area contributed by atoms with Gasteiger partial charge < -0.3 is 0 Å². The molecule has 0 N–H and O–H groups in total. The second-order valence-corrected chi connectivity index (χ2v) is 2.70. The standard InChI is InChI=1S/C6H5BBrNO/c7-5-1-2-9-6(8)4(5)3-10/h1-3H,7H2. The van der Waals surface area contributed by atoms with E-state index < -0.39 is 0 Å². The third kappa shape index (κ3) is 1.26. The summed E-state index contributed by atoms with van der Waals surface area (Å²) < 4.78 is 0.613. The van der Waals surface area contributed by atoms with Crippen LogP contribution in [0.4, 0.5) is 0 Å². The van der Waals surface area contributed by atoms with Crippen LogP contribution in [0.2, 0.25) is 0 Å². The van der Waals surface area contributed by atoms with Crippen molar-refractivity contribution >= 4 is 35.5 Å². The molecule has 0 aliphatic heterocycles. The van der Waals surface area contributed by atoms with Gasteiger partial charge in [0, 0.05) is 11.8 Å². The minimum Gasteiger partial charge on any atom is -0.298 e. The molecule has 1 rings (SSSR count). The Morgan fingerprint density at radius 2 is 2.40 bits per heavy atom. The number of aldehydes is 1. The molecule has 10 heavy (non-hydrogen) atoms. The van der Waals surface area contributed by atoms with E-state index in [0.717, 1.165) is 11.7 Å². The van der Waals surface area contributed by atoms with E-state index >= 15 is 0 Å². The van der Waals surface area contributed by atoms with Crippen molar-refractivity contribution in [2.45, 2.75) is 0 Å². The van der Waals surface area contributed by atoms with E-state index in [0.29, 0.717) is 10.2 Å². The zero-order chi connectivity index (χ0) is 7.56. The van der Waals surface area contributed by atoms with Crippen LogP contribution in [0.1, 0.15) is 10.4 Å². The third-order valence-corrected chi connectivity index (χ3v) is 1.91. The van der Waals surface area contributed by atoms with Gasteiger partial charge >= 0.3 is 0 Å². The summed E-state index contributed by atoms with van der Waals surface area (Å²) in [7, 11) is 1.87. The third-order valence-electron chi connectivity index (χ3n) is 1.28. The van der Waals surface area contributed by atoms with Crippen LogP contribution in [0.25, 0.3) is 0 Å². The normalized spacial score (nSPS) is 9.30. The lowest BCUT2D eigenvalue weighted by atomic mass is 9.93. The Bertz CT molecular complexity index is 244. The van der Waals surface area contributed by atoms with Crippen LogP contribution in [0.3, 0.4) is 0 Å². The summed E-state index contributed by atoms with van der Waals surface area (Å²) in [6.07, 6.45) is 2.46. The molecule has 4 heteroatoms. The maximum atomic E-state index is 10.4. The Hall–Kier alpha value is -0.635. The topological polar surface area (TPSA) is 30.0 Å². The van der Waals surface area contributed by atoms with Gasteiger partial charge in [0.25, 0.3) is 0 Å². The lowest BCUT2D eigenvalue weighted by molar-refractivity contribution is 0.112. The van der Waals surface area contributed by atoms with Crippen molar-refractivity contribution in [1.82, 2.24) is 4.98 Å². The Labute approximate surface area is 68.2 Å². The van der Waals surface area contributed by atoms with E-state index in [2.05, 4.69) is 20.9 Å². The highest BCUT2D eigenvalue weighted by Crippen LogP contribution is 2.06. The molecule has 1 aromatic heterocycles. The van der Waals surface area contributed by atoms with Gasteiger partial charge in [-0.1, -0.05) is 5.46 Å². The largest absolute Gasteiger partial charge is 0.298 e. The highest BCUT2D eigenvalue weighted by atomic mass is 79.9. The van der Waals surface area contributed by atoms with Gasteiger partial charge in [0.1, 0.15) is 12.4 Å². The first kappa shape index (κ1) is 7.47. The lowest BCUT2D eigenvalue weighted by Crippen LogP contribution is -2.10. The predicted molar refractivity (Wildman–Crippen MR) is 45.5 cm³/mol. The second-order valence-electron chi connectivity index (χ2n) is 1.95. The average molecular weight is 198 g/mol. The van der Waals surface area contributed by atoms with Gasteiger partial charge in [0.15, 0.2) is 6.29 Å². The molecular formula is C6H5BBrNO. The minimum absolute atomic E-state index is 0.613. The second kappa shape index (κ2) is 2.97. The Morgan fingerprint density at radius 3 is 2.80 bits per heavy atom. The summed E-state index contributed by atoms with van der Waals surface area (Å²) in [5.41, 5.74) is 1.57. The van der Waals surface area contributed by atoms with Gasteiger partial charge in [-0.2, -0.15) is 0 Å². The molecule has 0 aromatic carbocycles. The van der Waals surface area contributed by atoms with Gasteiger partial charge in [-0.25, -0.2) is 4.98 Å². The number of nitrogens with zero attached hydrogens (tertiary/aromatic N) is 1. The minimum atomic E-state index is 0.613. The molecule has 0 amide bonds. The number of halogens is 1. The molecule has 0 aliphatic rings. The number of carbonyl (C=O) groups is 1. The number of aromatic nitrogens is 1. The zero-order valence-electron chi connectivity index (χ0n) is 5.47. The first-order chi connectivity index (χ1) is 4.75. The Balaban J connectivity index is 3.30. The van der Waals surface area contributed by atoms with Crippen LogP contribution in [0, 0.1) is 0 Å². The molecule has 50 valence electrons. The van der Waals surface area contributed by atoms with Gasteiger partial charge in [-0.15, -0.1) is 0 Å². The van der Waals surface area contributed by atoms with Gasteiger partial charge in [-0.05, 0) is 22.0 Å². The highest BCUT2D eigenvalue weighted by Gasteiger charge is 2.00. The Kier molecular flexibility index (Phi) is 2.22. The van der Waals surface area contributed by atoms with E-state index in [1.807, 2.05) is 7.85 Å². The molecular weight excluding hydrogens is 193 g/mol. The summed E-state index contributed by atoms with van der Waals surface area (Å²) in [4.78, 5) is 14.3. The number of carbonyl (C=O) groups excluding carboxylic acids is 1. The van der Waals surface area contributed by atoms with Crippen molar-refractivity contribution in [3.05, 3.63) is 22.4 Å². The van der Waals surface area contributed by atoms with Crippen LogP contribution in [0.15, 0.2) is 16.9 Å². The molecule has 0 aliphatic carbocycles. The number of rotatable bonds is 1. The lowest BCUT2D eigenvalue weighted by Gasteiger charge is -1.97. The molecule has 0 spiro atoms. The van der Waals surface area contributed by atoms with Crippen LogP contribution in [-0.4, -0.2) is 19.1 Å². The fourth-order valence-corrected chi connectivity index (χ4v) is 1.20. The highest BCUT2D eigenvalue weighted by molar-refractivity contribution is 9.10. The van der Waals surface area contributed by atoms with Crippen LogP contribution in [-0.2, 0) is 0 Å². The number of pyridine rings is 1. The van der Waals surface area contributed by atoms with E-state index in [1.54, 1.807) is 12.3 Å². The molecule has 2 nitrogen and oxygen atoms in total. The molecule has 1 heterocycles. The van der Waals surface area contributed by atoms with Crippen molar-refractivity contribution in [2.75, 3.05) is 0 Å². The molecule has 0 radical (unpaired) electrons. The maximum Gasteiger partial charge on any atom is 0.152 e. The van der Waals surface area contributed by atoms with E-state index in [1.165, 1.54) is 0 Å². The summed E-state index contributed by atoms with van der Waals surface area (Å²) in [5, 5.41) is 0. The van der Waals surface area contributed by atoms with E-state index in [9.17, 15) is 4.79 Å².